The highest BCUT2D eigenvalue weighted by Gasteiger charge is 2.30. The van der Waals surface area contributed by atoms with Crippen molar-refractivity contribution in [2.24, 2.45) is 5.73 Å². The van der Waals surface area contributed by atoms with Crippen molar-refractivity contribution in [3.63, 3.8) is 0 Å². The van der Waals surface area contributed by atoms with Crippen LogP contribution in [0.1, 0.15) is 13.3 Å². The van der Waals surface area contributed by atoms with Gasteiger partial charge in [0.1, 0.15) is 6.04 Å². The number of carbonyl (C=O) groups is 1. The zero-order valence-corrected chi connectivity index (χ0v) is 17.0. The van der Waals surface area contributed by atoms with Crippen LogP contribution in [0.2, 0.25) is 0 Å². The minimum absolute atomic E-state index is 0.0138. The summed E-state index contributed by atoms with van der Waals surface area (Å²) in [5, 5.41) is 6.36. The molecule has 1 aliphatic rings. The lowest BCUT2D eigenvalue weighted by atomic mass is 10.2. The highest BCUT2D eigenvalue weighted by Crippen LogP contribution is 2.17. The number of likely N-dealkylation sites (N-methyl/N-ethyl adjacent to an activating group) is 2. The number of nitrogens with one attached hydrogen (secondary N) is 2. The summed E-state index contributed by atoms with van der Waals surface area (Å²) in [6.45, 7) is 4.72. The Kier molecular flexibility index (Phi) is 9.34. The molecule has 1 atom stereocenters. The van der Waals surface area contributed by atoms with Crippen LogP contribution in [-0.4, -0.2) is 75.6 Å². The summed E-state index contributed by atoms with van der Waals surface area (Å²) < 4.78 is 0.999. The van der Waals surface area contributed by atoms with Crippen LogP contribution in [0.5, 0.6) is 0 Å². The first-order chi connectivity index (χ1) is 12.3. The van der Waals surface area contributed by atoms with Crippen molar-refractivity contribution in [3.05, 3.63) is 48.0 Å². The number of quaternary nitrogens is 1. The fraction of sp³-hybridized carbons (Fsp3) is 0.550. The molecule has 0 aromatic rings. The number of nitrogens with zero attached hydrogens (tertiary/aromatic N) is 2. The van der Waals surface area contributed by atoms with Gasteiger partial charge in [-0.05, 0) is 38.4 Å². The molecule has 0 radical (unpaired) electrons. The SMILES string of the molecule is C\C=C/C(=C\C=C\N1CCC([N+](C)(C)C)C1)N/C(=C/C(=O)CN)CNC. The van der Waals surface area contributed by atoms with E-state index in [1.54, 1.807) is 6.08 Å². The van der Waals surface area contributed by atoms with Gasteiger partial charge in [-0.1, -0.05) is 6.08 Å². The molecule has 1 heterocycles. The zero-order valence-electron chi connectivity index (χ0n) is 17.0. The highest BCUT2D eigenvalue weighted by molar-refractivity contribution is 5.91. The molecule has 0 aromatic carbocycles. The third-order valence-corrected chi connectivity index (χ3v) is 4.42. The average Bonchev–Trinajstić information content (AvgIpc) is 3.04. The Morgan fingerprint density at radius 3 is 2.62 bits per heavy atom. The maximum atomic E-state index is 11.6. The first-order valence-corrected chi connectivity index (χ1v) is 9.21. The molecule has 1 rings (SSSR count). The molecule has 0 bridgehead atoms. The molecule has 6 nitrogen and oxygen atoms in total. The van der Waals surface area contributed by atoms with E-state index in [1.165, 1.54) is 6.42 Å². The zero-order chi connectivity index (χ0) is 19.6. The highest BCUT2D eigenvalue weighted by atomic mass is 16.1. The van der Waals surface area contributed by atoms with E-state index in [2.05, 4.69) is 49.0 Å². The summed E-state index contributed by atoms with van der Waals surface area (Å²) in [5.41, 5.74) is 7.14. The van der Waals surface area contributed by atoms with Gasteiger partial charge in [0.15, 0.2) is 5.78 Å². The first-order valence-electron chi connectivity index (χ1n) is 9.21. The smallest absolute Gasteiger partial charge is 0.170 e. The van der Waals surface area contributed by atoms with Gasteiger partial charge in [0, 0.05) is 37.0 Å². The Morgan fingerprint density at radius 2 is 2.08 bits per heavy atom. The van der Waals surface area contributed by atoms with E-state index in [0.717, 1.165) is 29.0 Å². The van der Waals surface area contributed by atoms with Gasteiger partial charge in [-0.15, -0.1) is 0 Å². The summed E-state index contributed by atoms with van der Waals surface area (Å²) in [4.78, 5) is 14.0. The van der Waals surface area contributed by atoms with Crippen LogP contribution in [0.25, 0.3) is 0 Å². The predicted octanol–water partition coefficient (Wildman–Crippen LogP) is 0.961. The molecular weight excluding hydrogens is 326 g/mol. The Morgan fingerprint density at radius 1 is 1.35 bits per heavy atom. The number of allylic oxidation sites excluding steroid dienone is 4. The molecule has 1 unspecified atom stereocenters. The number of ketones is 1. The molecular formula is C20H36N5O+. The molecule has 0 spiro atoms. The lowest BCUT2D eigenvalue weighted by Gasteiger charge is -2.31. The van der Waals surface area contributed by atoms with E-state index in [0.29, 0.717) is 12.6 Å². The molecule has 0 amide bonds. The third kappa shape index (κ3) is 7.99. The van der Waals surface area contributed by atoms with Gasteiger partial charge >= 0.3 is 0 Å². The Labute approximate surface area is 158 Å². The van der Waals surface area contributed by atoms with Crippen molar-refractivity contribution in [2.45, 2.75) is 19.4 Å². The van der Waals surface area contributed by atoms with Gasteiger partial charge in [-0.25, -0.2) is 0 Å². The van der Waals surface area contributed by atoms with E-state index >= 15 is 0 Å². The first kappa shape index (κ1) is 22.2. The minimum atomic E-state index is -0.0958. The van der Waals surface area contributed by atoms with E-state index in [1.807, 2.05) is 32.2 Å². The van der Waals surface area contributed by atoms with Crippen LogP contribution in [0, 0.1) is 0 Å². The second-order valence-electron chi connectivity index (χ2n) is 7.51. The summed E-state index contributed by atoms with van der Waals surface area (Å²) in [6.07, 6.45) is 13.0. The summed E-state index contributed by atoms with van der Waals surface area (Å²) >= 11 is 0. The summed E-state index contributed by atoms with van der Waals surface area (Å²) in [5.74, 6) is -0.0958. The van der Waals surface area contributed by atoms with Gasteiger partial charge in [0.25, 0.3) is 0 Å². The second kappa shape index (κ2) is 11.0. The standard InChI is InChI=1S/C20H35N5O/c1-6-8-17(23-18(15-22-2)13-20(26)14-21)9-7-11-24-12-10-19(16-24)25(3,4)5/h6-9,11,13,19,22H,10,12,14-16,21H2,1-5H3/p+1/b8-6-,11-7+,17-9+. The summed E-state index contributed by atoms with van der Waals surface area (Å²) in [7, 11) is 8.61. The molecule has 1 aliphatic heterocycles. The Balaban J connectivity index is 2.76. The van der Waals surface area contributed by atoms with Crippen molar-refractivity contribution in [2.75, 3.05) is 54.4 Å². The van der Waals surface area contributed by atoms with Crippen molar-refractivity contribution < 1.29 is 9.28 Å². The number of nitrogens with two attached hydrogens (primary N) is 1. The monoisotopic (exact) mass is 362 g/mol. The molecule has 0 aliphatic carbocycles. The van der Waals surface area contributed by atoms with Crippen LogP contribution < -0.4 is 16.4 Å². The lowest BCUT2D eigenvalue weighted by Crippen LogP contribution is -2.46. The quantitative estimate of drug-likeness (QED) is 0.307. The van der Waals surface area contributed by atoms with Gasteiger partial charge in [0.05, 0.1) is 34.2 Å². The van der Waals surface area contributed by atoms with Crippen LogP contribution in [0.4, 0.5) is 0 Å². The van der Waals surface area contributed by atoms with Crippen molar-refractivity contribution in [1.82, 2.24) is 15.5 Å². The van der Waals surface area contributed by atoms with E-state index in [9.17, 15) is 4.79 Å². The maximum absolute atomic E-state index is 11.6. The minimum Gasteiger partial charge on any atom is -0.371 e. The van der Waals surface area contributed by atoms with Gasteiger partial charge in [-0.2, -0.15) is 0 Å². The van der Waals surface area contributed by atoms with Crippen molar-refractivity contribution >= 4 is 5.78 Å². The largest absolute Gasteiger partial charge is 0.371 e. The number of hydrogen-bond acceptors (Lipinski definition) is 5. The van der Waals surface area contributed by atoms with Crippen molar-refractivity contribution in [1.29, 1.82) is 0 Å². The number of carbonyl (C=O) groups excluding carboxylic acids is 1. The van der Waals surface area contributed by atoms with Crippen molar-refractivity contribution in [3.8, 4) is 0 Å². The van der Waals surface area contributed by atoms with Crippen LogP contribution in [-0.2, 0) is 4.79 Å². The topological polar surface area (TPSA) is 70.4 Å². The second-order valence-corrected chi connectivity index (χ2v) is 7.51. The molecule has 0 aromatic heterocycles. The lowest BCUT2D eigenvalue weighted by molar-refractivity contribution is -0.893. The molecule has 1 fully saturated rings. The molecule has 26 heavy (non-hydrogen) atoms. The van der Waals surface area contributed by atoms with E-state index in [-0.39, 0.29) is 12.3 Å². The molecule has 4 N–H and O–H groups in total. The number of rotatable bonds is 10. The Bertz CT molecular complexity index is 569. The summed E-state index contributed by atoms with van der Waals surface area (Å²) in [6, 6.07) is 0.671. The fourth-order valence-corrected chi connectivity index (χ4v) is 2.88. The van der Waals surface area contributed by atoms with Crippen LogP contribution in [0.15, 0.2) is 48.0 Å². The average molecular weight is 363 g/mol. The van der Waals surface area contributed by atoms with Crippen LogP contribution in [0.3, 0.4) is 0 Å². The van der Waals surface area contributed by atoms with E-state index < -0.39 is 0 Å². The van der Waals surface area contributed by atoms with E-state index in [4.69, 9.17) is 5.73 Å². The van der Waals surface area contributed by atoms with Gasteiger partial charge in [0.2, 0.25) is 0 Å². The number of likely N-dealkylation sites (tertiary alicyclic amines) is 1. The normalized spacial score (nSPS) is 19.8. The molecule has 0 saturated carbocycles. The predicted molar refractivity (Wildman–Crippen MR) is 109 cm³/mol. The maximum Gasteiger partial charge on any atom is 0.170 e. The van der Waals surface area contributed by atoms with Gasteiger partial charge in [-0.3, -0.25) is 4.79 Å². The number of hydrogen-bond donors (Lipinski definition) is 3. The molecule has 1 saturated heterocycles. The molecule has 6 heteroatoms. The van der Waals surface area contributed by atoms with Crippen LogP contribution >= 0.6 is 0 Å². The molecule has 146 valence electrons. The third-order valence-electron chi connectivity index (χ3n) is 4.42. The fourth-order valence-electron chi connectivity index (χ4n) is 2.88. The Hall–Kier alpha value is -1.89. The van der Waals surface area contributed by atoms with Gasteiger partial charge < -0.3 is 25.8 Å².